The fraction of sp³-hybridized carbons (Fsp3) is 0.231. The molecule has 0 unspecified atom stereocenters. The molecule has 0 atom stereocenters. The molecule has 18 heavy (non-hydrogen) atoms. The number of hydrogen-bond acceptors (Lipinski definition) is 4. The van der Waals surface area contributed by atoms with Gasteiger partial charge in [0.15, 0.2) is 0 Å². The number of nitrogens with one attached hydrogen (secondary N) is 1. The number of rotatable bonds is 2. The summed E-state index contributed by atoms with van der Waals surface area (Å²) in [5.41, 5.74) is 3.24. The molecular weight excluding hydrogens is 310 g/mol. The van der Waals surface area contributed by atoms with Crippen molar-refractivity contribution in [3.05, 3.63) is 40.1 Å². The summed E-state index contributed by atoms with van der Waals surface area (Å²) in [6.45, 7) is 1.94. The Balaban J connectivity index is 1.96. The van der Waals surface area contributed by atoms with Gasteiger partial charge < -0.3 is 5.32 Å². The highest BCUT2D eigenvalue weighted by atomic mass is 79.9. The van der Waals surface area contributed by atoms with Gasteiger partial charge in [-0.1, -0.05) is 6.08 Å². The third-order valence-corrected chi connectivity index (χ3v) is 4.56. The fourth-order valence-corrected chi connectivity index (χ4v) is 3.32. The highest BCUT2D eigenvalue weighted by molar-refractivity contribution is 9.10. The lowest BCUT2D eigenvalue weighted by atomic mass is 10.1. The second-order valence-electron chi connectivity index (χ2n) is 4.10. The molecule has 0 fully saturated rings. The van der Waals surface area contributed by atoms with Gasteiger partial charge in [-0.3, -0.25) is 4.98 Å². The average Bonchev–Trinajstić information content (AvgIpc) is 2.87. The van der Waals surface area contributed by atoms with E-state index in [-0.39, 0.29) is 0 Å². The van der Waals surface area contributed by atoms with Gasteiger partial charge in [0.1, 0.15) is 0 Å². The maximum Gasteiger partial charge on any atom is 0.0992 e. The molecule has 0 saturated heterocycles. The molecule has 3 nitrogen and oxygen atoms in total. The molecule has 5 heteroatoms. The Labute approximate surface area is 118 Å². The van der Waals surface area contributed by atoms with E-state index >= 15 is 0 Å². The maximum atomic E-state index is 4.71. The van der Waals surface area contributed by atoms with E-state index in [0.717, 1.165) is 40.2 Å². The summed E-state index contributed by atoms with van der Waals surface area (Å²) < 4.78 is 1.09. The van der Waals surface area contributed by atoms with Crippen molar-refractivity contribution in [3.8, 4) is 10.6 Å². The number of halogens is 1. The Morgan fingerprint density at radius 3 is 2.89 bits per heavy atom. The molecule has 0 saturated carbocycles. The Bertz CT molecular complexity index is 591. The van der Waals surface area contributed by atoms with Crippen LogP contribution in [0.2, 0.25) is 0 Å². The zero-order chi connectivity index (χ0) is 12.4. The monoisotopic (exact) mass is 321 g/mol. The van der Waals surface area contributed by atoms with E-state index in [1.165, 1.54) is 5.57 Å². The zero-order valence-corrected chi connectivity index (χ0v) is 12.1. The van der Waals surface area contributed by atoms with Crippen LogP contribution in [0, 0.1) is 0 Å². The van der Waals surface area contributed by atoms with Gasteiger partial charge in [0.05, 0.1) is 28.7 Å². The normalized spacial score (nSPS) is 15.5. The van der Waals surface area contributed by atoms with Gasteiger partial charge in [-0.2, -0.15) is 0 Å². The standard InChI is InChI=1S/C13H12BrN3S/c14-10-5-13(18-8-10)12-7-16-6-11(17-12)9-1-3-15-4-2-9/h1,5-8,15H,2-4H2. The first-order valence-electron chi connectivity index (χ1n) is 5.79. The minimum absolute atomic E-state index is 0.922. The predicted octanol–water partition coefficient (Wildman–Crippen LogP) is 3.34. The molecule has 0 aliphatic carbocycles. The van der Waals surface area contributed by atoms with Crippen LogP contribution in [0.25, 0.3) is 16.1 Å². The van der Waals surface area contributed by atoms with Crippen LogP contribution >= 0.6 is 27.3 Å². The molecule has 2 aromatic heterocycles. The molecule has 1 aliphatic rings. The topological polar surface area (TPSA) is 37.8 Å². The van der Waals surface area contributed by atoms with Gasteiger partial charge in [-0.25, -0.2) is 4.98 Å². The van der Waals surface area contributed by atoms with Crippen LogP contribution in [0.15, 0.2) is 34.4 Å². The summed E-state index contributed by atoms with van der Waals surface area (Å²) in [5, 5.41) is 5.37. The van der Waals surface area contributed by atoms with Gasteiger partial charge >= 0.3 is 0 Å². The van der Waals surface area contributed by atoms with E-state index in [1.807, 2.05) is 12.4 Å². The molecule has 0 radical (unpaired) electrons. The van der Waals surface area contributed by atoms with Crippen molar-refractivity contribution in [1.82, 2.24) is 15.3 Å². The molecule has 0 bridgehead atoms. The Kier molecular flexibility index (Phi) is 3.54. The highest BCUT2D eigenvalue weighted by Gasteiger charge is 2.10. The zero-order valence-electron chi connectivity index (χ0n) is 9.69. The van der Waals surface area contributed by atoms with E-state index in [9.17, 15) is 0 Å². The average molecular weight is 322 g/mol. The first-order valence-corrected chi connectivity index (χ1v) is 7.47. The molecule has 3 rings (SSSR count). The molecule has 1 aliphatic heterocycles. The van der Waals surface area contributed by atoms with E-state index in [2.05, 4.69) is 43.8 Å². The van der Waals surface area contributed by atoms with Crippen molar-refractivity contribution in [1.29, 1.82) is 0 Å². The van der Waals surface area contributed by atoms with Crippen LogP contribution in [0.4, 0.5) is 0 Å². The molecule has 2 aromatic rings. The SMILES string of the molecule is Brc1csc(-c2cncc(C3=CCNCC3)n2)c1. The third-order valence-electron chi connectivity index (χ3n) is 2.85. The Hall–Kier alpha value is -1.04. The first-order chi connectivity index (χ1) is 8.83. The molecule has 0 aromatic carbocycles. The lowest BCUT2D eigenvalue weighted by molar-refractivity contribution is 0.736. The van der Waals surface area contributed by atoms with Crippen molar-refractivity contribution in [2.75, 3.05) is 13.1 Å². The van der Waals surface area contributed by atoms with E-state index < -0.39 is 0 Å². The van der Waals surface area contributed by atoms with Gasteiger partial charge in [0, 0.05) is 16.4 Å². The minimum atomic E-state index is 0.922. The van der Waals surface area contributed by atoms with Gasteiger partial charge in [0.2, 0.25) is 0 Å². The van der Waals surface area contributed by atoms with Crippen molar-refractivity contribution >= 4 is 32.8 Å². The van der Waals surface area contributed by atoms with Crippen molar-refractivity contribution < 1.29 is 0 Å². The summed E-state index contributed by atoms with van der Waals surface area (Å²) in [6, 6.07) is 2.08. The van der Waals surface area contributed by atoms with Crippen molar-refractivity contribution in [2.45, 2.75) is 6.42 Å². The van der Waals surface area contributed by atoms with Crippen LogP contribution < -0.4 is 5.32 Å². The highest BCUT2D eigenvalue weighted by Crippen LogP contribution is 2.29. The van der Waals surface area contributed by atoms with Crippen LogP contribution in [-0.2, 0) is 0 Å². The van der Waals surface area contributed by atoms with Gasteiger partial charge in [-0.15, -0.1) is 11.3 Å². The van der Waals surface area contributed by atoms with Crippen LogP contribution in [0.1, 0.15) is 12.1 Å². The number of thiophene rings is 1. The van der Waals surface area contributed by atoms with Crippen LogP contribution in [0.3, 0.4) is 0 Å². The largest absolute Gasteiger partial charge is 0.313 e. The Morgan fingerprint density at radius 2 is 2.17 bits per heavy atom. The summed E-state index contributed by atoms with van der Waals surface area (Å²) in [6.07, 6.45) is 6.89. The fourth-order valence-electron chi connectivity index (χ4n) is 1.94. The lowest BCUT2D eigenvalue weighted by Gasteiger charge is -2.13. The molecule has 92 valence electrons. The molecular formula is C13H12BrN3S. The molecule has 0 amide bonds. The number of nitrogens with zero attached hydrogens (tertiary/aromatic N) is 2. The minimum Gasteiger partial charge on any atom is -0.313 e. The second kappa shape index (κ2) is 5.30. The van der Waals surface area contributed by atoms with E-state index in [4.69, 9.17) is 4.98 Å². The van der Waals surface area contributed by atoms with E-state index in [0.29, 0.717) is 0 Å². The van der Waals surface area contributed by atoms with Gasteiger partial charge in [0.25, 0.3) is 0 Å². The Morgan fingerprint density at radius 1 is 1.28 bits per heavy atom. The second-order valence-corrected chi connectivity index (χ2v) is 5.93. The first kappa shape index (κ1) is 12.0. The molecule has 3 heterocycles. The van der Waals surface area contributed by atoms with Crippen molar-refractivity contribution in [3.63, 3.8) is 0 Å². The molecule has 0 spiro atoms. The molecule has 1 N–H and O–H groups in total. The summed E-state index contributed by atoms with van der Waals surface area (Å²) in [5.74, 6) is 0. The number of aromatic nitrogens is 2. The van der Waals surface area contributed by atoms with Crippen LogP contribution in [0.5, 0.6) is 0 Å². The van der Waals surface area contributed by atoms with E-state index in [1.54, 1.807) is 11.3 Å². The predicted molar refractivity (Wildman–Crippen MR) is 78.5 cm³/mol. The summed E-state index contributed by atoms with van der Waals surface area (Å²) >= 11 is 5.14. The maximum absolute atomic E-state index is 4.71. The van der Waals surface area contributed by atoms with Crippen molar-refractivity contribution in [2.24, 2.45) is 0 Å². The summed E-state index contributed by atoms with van der Waals surface area (Å²) in [7, 11) is 0. The smallest absolute Gasteiger partial charge is 0.0992 e. The number of hydrogen-bond donors (Lipinski definition) is 1. The van der Waals surface area contributed by atoms with Crippen LogP contribution in [-0.4, -0.2) is 23.1 Å². The summed E-state index contributed by atoms with van der Waals surface area (Å²) in [4.78, 5) is 10.2. The lowest BCUT2D eigenvalue weighted by Crippen LogP contribution is -2.20. The quantitative estimate of drug-likeness (QED) is 0.921. The van der Waals surface area contributed by atoms with Gasteiger partial charge in [-0.05, 0) is 40.5 Å². The third kappa shape index (κ3) is 2.53.